The van der Waals surface area contributed by atoms with Gasteiger partial charge in [-0.2, -0.15) is 5.06 Å². The summed E-state index contributed by atoms with van der Waals surface area (Å²) in [6, 6.07) is 19.7. The normalized spacial score (nSPS) is 26.5. The number of hydroxylamine groups is 2. The second kappa shape index (κ2) is 7.58. The van der Waals surface area contributed by atoms with Crippen molar-refractivity contribution in [2.24, 2.45) is 5.92 Å². The van der Waals surface area contributed by atoms with E-state index in [1.54, 1.807) is 5.06 Å². The second-order valence-electron chi connectivity index (χ2n) is 6.87. The molecule has 0 bridgehead atoms. The van der Waals surface area contributed by atoms with E-state index in [1.165, 1.54) is 0 Å². The number of fused-ring (bicyclic) bond motifs is 1. The molecule has 0 saturated carbocycles. The van der Waals surface area contributed by atoms with Crippen LogP contribution in [0.2, 0.25) is 0 Å². The number of rotatable bonds is 6. The summed E-state index contributed by atoms with van der Waals surface area (Å²) >= 11 is 0. The number of esters is 1. The van der Waals surface area contributed by atoms with E-state index >= 15 is 0 Å². The van der Waals surface area contributed by atoms with E-state index < -0.39 is 0 Å². The third-order valence-electron chi connectivity index (χ3n) is 5.05. The molecule has 5 heteroatoms. The van der Waals surface area contributed by atoms with Crippen molar-refractivity contribution in [2.75, 3.05) is 6.61 Å². The number of ether oxygens (including phenoxy) is 2. The maximum atomic E-state index is 12.2. The van der Waals surface area contributed by atoms with E-state index in [2.05, 4.69) is 0 Å². The molecule has 0 radical (unpaired) electrons. The average molecular weight is 353 g/mol. The van der Waals surface area contributed by atoms with Gasteiger partial charge in [-0.3, -0.25) is 9.63 Å². The summed E-state index contributed by atoms with van der Waals surface area (Å²) in [5.74, 6) is -0.208. The van der Waals surface area contributed by atoms with E-state index in [0.29, 0.717) is 19.8 Å². The maximum Gasteiger partial charge on any atom is 0.326 e. The lowest BCUT2D eigenvalue weighted by molar-refractivity contribution is -0.208. The molecule has 4 atom stereocenters. The van der Waals surface area contributed by atoms with Crippen LogP contribution in [0.3, 0.4) is 0 Å². The summed E-state index contributed by atoms with van der Waals surface area (Å²) < 4.78 is 11.4. The second-order valence-corrected chi connectivity index (χ2v) is 6.87. The molecule has 0 N–H and O–H groups in total. The van der Waals surface area contributed by atoms with Gasteiger partial charge in [0.1, 0.15) is 12.1 Å². The third-order valence-corrected chi connectivity index (χ3v) is 5.05. The van der Waals surface area contributed by atoms with Gasteiger partial charge in [-0.05, 0) is 18.1 Å². The minimum absolute atomic E-state index is 0.00279. The Morgan fingerprint density at radius 2 is 1.73 bits per heavy atom. The molecule has 2 aliphatic heterocycles. The predicted octanol–water partition coefficient (Wildman–Crippen LogP) is 2.95. The monoisotopic (exact) mass is 353 g/mol. The Kier molecular flexibility index (Phi) is 5.02. The van der Waals surface area contributed by atoms with Crippen molar-refractivity contribution >= 4 is 5.97 Å². The van der Waals surface area contributed by atoms with Crippen LogP contribution in [0.25, 0.3) is 0 Å². The standard InChI is InChI=1S/C21H23NO4/c1-15(24-13-17-10-6-3-7-11-17)20-18-14-25-21(23)19(18)22(26-20)12-16-8-4-2-5-9-16/h2-11,15,18-20H,12-14H2,1H3/t15-,18-,19-,20-/m0/s1. The lowest BCUT2D eigenvalue weighted by Crippen LogP contribution is -2.35. The van der Waals surface area contributed by atoms with Gasteiger partial charge in [0.05, 0.1) is 31.8 Å². The first-order chi connectivity index (χ1) is 12.7. The van der Waals surface area contributed by atoms with Crippen molar-refractivity contribution in [1.29, 1.82) is 0 Å². The average Bonchev–Trinajstić information content (AvgIpc) is 3.23. The fourth-order valence-electron chi connectivity index (χ4n) is 3.66. The predicted molar refractivity (Wildman–Crippen MR) is 95.8 cm³/mol. The topological polar surface area (TPSA) is 48.0 Å². The van der Waals surface area contributed by atoms with Crippen LogP contribution in [0.1, 0.15) is 18.1 Å². The molecule has 26 heavy (non-hydrogen) atoms. The van der Waals surface area contributed by atoms with Crippen LogP contribution >= 0.6 is 0 Å². The molecule has 2 aliphatic rings. The summed E-state index contributed by atoms with van der Waals surface area (Å²) in [6.45, 7) is 3.46. The van der Waals surface area contributed by atoms with Crippen molar-refractivity contribution in [2.45, 2.75) is 38.3 Å². The zero-order valence-electron chi connectivity index (χ0n) is 14.8. The number of hydrogen-bond donors (Lipinski definition) is 0. The molecule has 4 rings (SSSR count). The van der Waals surface area contributed by atoms with Crippen molar-refractivity contribution in [3.63, 3.8) is 0 Å². The van der Waals surface area contributed by atoms with Gasteiger partial charge >= 0.3 is 5.97 Å². The summed E-state index contributed by atoms with van der Waals surface area (Å²) in [4.78, 5) is 18.4. The molecule has 0 amide bonds. The first-order valence-electron chi connectivity index (χ1n) is 9.02. The summed E-state index contributed by atoms with van der Waals surface area (Å²) in [5.41, 5.74) is 2.22. The van der Waals surface area contributed by atoms with Crippen LogP contribution in [-0.4, -0.2) is 35.9 Å². The van der Waals surface area contributed by atoms with Gasteiger partial charge in [0.25, 0.3) is 0 Å². The fourth-order valence-corrected chi connectivity index (χ4v) is 3.66. The minimum atomic E-state index is -0.358. The molecular formula is C21H23NO4. The molecule has 136 valence electrons. The van der Waals surface area contributed by atoms with Crippen LogP contribution in [0.4, 0.5) is 0 Å². The molecule has 2 heterocycles. The van der Waals surface area contributed by atoms with E-state index in [1.807, 2.05) is 67.6 Å². The van der Waals surface area contributed by atoms with E-state index in [0.717, 1.165) is 11.1 Å². The van der Waals surface area contributed by atoms with Gasteiger partial charge in [-0.25, -0.2) is 0 Å². The number of nitrogens with zero attached hydrogens (tertiary/aromatic N) is 1. The van der Waals surface area contributed by atoms with Crippen molar-refractivity contribution in [3.05, 3.63) is 71.8 Å². The Bertz CT molecular complexity index is 736. The van der Waals surface area contributed by atoms with Gasteiger partial charge in [0, 0.05) is 0 Å². The molecule has 0 aromatic heterocycles. The van der Waals surface area contributed by atoms with Gasteiger partial charge < -0.3 is 9.47 Å². The molecule has 2 fully saturated rings. The quantitative estimate of drug-likeness (QED) is 0.748. The Balaban J connectivity index is 1.44. The van der Waals surface area contributed by atoms with Crippen LogP contribution in [-0.2, 0) is 32.3 Å². The fraction of sp³-hybridized carbons (Fsp3) is 0.381. The Morgan fingerprint density at radius 3 is 2.42 bits per heavy atom. The lowest BCUT2D eigenvalue weighted by atomic mass is 9.94. The van der Waals surface area contributed by atoms with Crippen LogP contribution in [0, 0.1) is 5.92 Å². The highest BCUT2D eigenvalue weighted by molar-refractivity contribution is 5.78. The third kappa shape index (κ3) is 3.51. The number of carbonyl (C=O) groups is 1. The smallest absolute Gasteiger partial charge is 0.326 e. The highest BCUT2D eigenvalue weighted by atomic mass is 16.7. The maximum absolute atomic E-state index is 12.2. The van der Waals surface area contributed by atoms with Crippen LogP contribution < -0.4 is 0 Å². The molecule has 2 aromatic carbocycles. The van der Waals surface area contributed by atoms with Gasteiger partial charge in [0.15, 0.2) is 0 Å². The number of hydrogen-bond acceptors (Lipinski definition) is 5. The summed E-state index contributed by atoms with van der Waals surface area (Å²) in [6.07, 6.45) is -0.336. The first-order valence-corrected chi connectivity index (χ1v) is 9.02. The minimum Gasteiger partial charge on any atom is -0.464 e. The Hall–Kier alpha value is -2.21. The molecular weight excluding hydrogens is 330 g/mol. The first kappa shape index (κ1) is 17.2. The molecule has 2 aromatic rings. The van der Waals surface area contributed by atoms with E-state index in [-0.39, 0.29) is 30.1 Å². The SMILES string of the molecule is C[C@H](OCc1ccccc1)[C@@H]1ON(Cc2ccccc2)[C@@H]2C(=O)OC[C@H]12. The van der Waals surface area contributed by atoms with Gasteiger partial charge in [-0.1, -0.05) is 60.7 Å². The molecule has 0 aliphatic carbocycles. The lowest BCUT2D eigenvalue weighted by Gasteiger charge is -2.24. The highest BCUT2D eigenvalue weighted by Crippen LogP contribution is 2.36. The molecule has 5 nitrogen and oxygen atoms in total. The number of benzene rings is 2. The largest absolute Gasteiger partial charge is 0.464 e. The number of cyclic esters (lactones) is 1. The number of carbonyl (C=O) groups excluding carboxylic acids is 1. The molecule has 0 spiro atoms. The Labute approximate surface area is 153 Å². The highest BCUT2D eigenvalue weighted by Gasteiger charge is 2.54. The zero-order valence-corrected chi connectivity index (χ0v) is 14.8. The van der Waals surface area contributed by atoms with Gasteiger partial charge in [-0.15, -0.1) is 0 Å². The summed E-state index contributed by atoms with van der Waals surface area (Å²) in [5, 5.41) is 1.77. The van der Waals surface area contributed by atoms with Crippen molar-refractivity contribution in [1.82, 2.24) is 5.06 Å². The van der Waals surface area contributed by atoms with E-state index in [9.17, 15) is 4.79 Å². The van der Waals surface area contributed by atoms with E-state index in [4.69, 9.17) is 14.3 Å². The summed E-state index contributed by atoms with van der Waals surface area (Å²) in [7, 11) is 0. The van der Waals surface area contributed by atoms with Crippen LogP contribution in [0.15, 0.2) is 60.7 Å². The molecule has 0 unspecified atom stereocenters. The van der Waals surface area contributed by atoms with Gasteiger partial charge in [0.2, 0.25) is 0 Å². The van der Waals surface area contributed by atoms with Crippen molar-refractivity contribution in [3.8, 4) is 0 Å². The Morgan fingerprint density at radius 1 is 1.08 bits per heavy atom. The zero-order chi connectivity index (χ0) is 17.9. The van der Waals surface area contributed by atoms with Crippen molar-refractivity contribution < 1.29 is 19.1 Å². The van der Waals surface area contributed by atoms with Crippen LogP contribution in [0.5, 0.6) is 0 Å². The molecule has 2 saturated heterocycles.